The van der Waals surface area contributed by atoms with Gasteiger partial charge in [-0.05, 0) is 26.2 Å². The van der Waals surface area contributed by atoms with Crippen molar-refractivity contribution in [3.63, 3.8) is 0 Å². The summed E-state index contributed by atoms with van der Waals surface area (Å²) < 4.78 is 21.4. The molecule has 1 saturated heterocycles. The maximum atomic E-state index is 13.2. The molecule has 244 valence electrons. The third-order valence-electron chi connectivity index (χ3n) is 7.87. The van der Waals surface area contributed by atoms with Crippen LogP contribution in [0.4, 0.5) is 0 Å². The Labute approximate surface area is 252 Å². The maximum Gasteiger partial charge on any atom is 0.351 e. The lowest BCUT2D eigenvalue weighted by Crippen LogP contribution is -2.45. The molecule has 10 nitrogen and oxygen atoms in total. The first kappa shape index (κ1) is 37.8. The summed E-state index contributed by atoms with van der Waals surface area (Å²) in [5.41, 5.74) is 0. The Morgan fingerprint density at radius 2 is 1.12 bits per heavy atom. The second-order valence-electron chi connectivity index (χ2n) is 12.2. The number of rotatable bonds is 17. The van der Waals surface area contributed by atoms with Gasteiger partial charge in [-0.25, -0.2) is 14.4 Å². The van der Waals surface area contributed by atoms with Crippen LogP contribution in [0.3, 0.4) is 0 Å². The number of hydrogen-bond donors (Lipinski definition) is 2. The second-order valence-corrected chi connectivity index (χ2v) is 12.2. The van der Waals surface area contributed by atoms with Crippen molar-refractivity contribution >= 4 is 23.9 Å². The van der Waals surface area contributed by atoms with E-state index in [-0.39, 0.29) is 5.92 Å². The van der Waals surface area contributed by atoms with Crippen LogP contribution in [-0.4, -0.2) is 71.2 Å². The van der Waals surface area contributed by atoms with Crippen LogP contribution in [0.25, 0.3) is 0 Å². The average Bonchev–Trinajstić information content (AvgIpc) is 2.95. The molecule has 1 fully saturated rings. The highest BCUT2D eigenvalue weighted by atomic mass is 16.6. The van der Waals surface area contributed by atoms with Crippen LogP contribution >= 0.6 is 0 Å². The van der Waals surface area contributed by atoms with E-state index in [4.69, 9.17) is 18.9 Å². The van der Waals surface area contributed by atoms with Crippen molar-refractivity contribution in [3.8, 4) is 0 Å². The standard InChI is InChI=1S/C32H56O10/c1-7-8-9-10-11-12-13-14-15-16-17-18-19-22(4)27-23(5)29(35)40-26(21(2)3)31(37)42-28(24(6)34)32(38)39-25(20-33)30(36)41-27/h21-28,33-34H,7-20H2,1-6H3/t22-,23+,24+,25?,26-,27?,28?/m0/s1. The van der Waals surface area contributed by atoms with Gasteiger partial charge < -0.3 is 29.2 Å². The Kier molecular flexibility index (Phi) is 18.6. The summed E-state index contributed by atoms with van der Waals surface area (Å²) in [6.07, 6.45) is 7.90. The maximum absolute atomic E-state index is 13.2. The zero-order valence-corrected chi connectivity index (χ0v) is 26.7. The van der Waals surface area contributed by atoms with Crippen molar-refractivity contribution in [2.24, 2.45) is 17.8 Å². The summed E-state index contributed by atoms with van der Waals surface area (Å²) in [4.78, 5) is 51.7. The highest BCUT2D eigenvalue weighted by Gasteiger charge is 2.42. The zero-order chi connectivity index (χ0) is 31.7. The Morgan fingerprint density at radius 1 is 0.643 bits per heavy atom. The molecule has 3 unspecified atom stereocenters. The van der Waals surface area contributed by atoms with E-state index in [0.717, 1.165) is 19.3 Å². The molecule has 0 aromatic heterocycles. The number of ether oxygens (including phenoxy) is 4. The second kappa shape index (κ2) is 20.7. The molecule has 1 heterocycles. The van der Waals surface area contributed by atoms with Gasteiger partial charge in [-0.15, -0.1) is 0 Å². The van der Waals surface area contributed by atoms with Crippen molar-refractivity contribution in [2.45, 2.75) is 156 Å². The molecule has 10 heteroatoms. The van der Waals surface area contributed by atoms with Gasteiger partial charge >= 0.3 is 23.9 Å². The summed E-state index contributed by atoms with van der Waals surface area (Å²) in [7, 11) is 0. The number of aliphatic hydroxyl groups is 2. The van der Waals surface area contributed by atoms with Crippen LogP contribution in [0, 0.1) is 17.8 Å². The van der Waals surface area contributed by atoms with Crippen LogP contribution in [-0.2, 0) is 38.1 Å². The molecule has 1 aliphatic heterocycles. The van der Waals surface area contributed by atoms with E-state index in [1.165, 1.54) is 64.7 Å². The Balaban J connectivity index is 2.86. The number of esters is 4. The zero-order valence-electron chi connectivity index (χ0n) is 26.7. The number of hydrogen-bond acceptors (Lipinski definition) is 10. The molecule has 1 aliphatic rings. The molecule has 0 spiro atoms. The lowest BCUT2D eigenvalue weighted by molar-refractivity contribution is -0.191. The number of aliphatic hydroxyl groups excluding tert-OH is 2. The van der Waals surface area contributed by atoms with Crippen molar-refractivity contribution in [3.05, 3.63) is 0 Å². The number of cyclic esters (lactones) is 4. The number of unbranched alkanes of at least 4 members (excludes halogenated alkanes) is 11. The van der Waals surface area contributed by atoms with Crippen LogP contribution in [0.1, 0.15) is 125 Å². The Hall–Kier alpha value is -2.20. The topological polar surface area (TPSA) is 146 Å². The van der Waals surface area contributed by atoms with E-state index in [0.29, 0.717) is 6.42 Å². The Bertz CT molecular complexity index is 811. The molecule has 0 aromatic rings. The fourth-order valence-electron chi connectivity index (χ4n) is 5.12. The number of carbonyl (C=O) groups excluding carboxylic acids is 4. The monoisotopic (exact) mass is 600 g/mol. The first-order valence-electron chi connectivity index (χ1n) is 16.0. The third kappa shape index (κ3) is 13.4. The first-order valence-corrected chi connectivity index (χ1v) is 16.0. The third-order valence-corrected chi connectivity index (χ3v) is 7.87. The van der Waals surface area contributed by atoms with Crippen molar-refractivity contribution < 1.29 is 48.3 Å². The van der Waals surface area contributed by atoms with Crippen molar-refractivity contribution in [1.29, 1.82) is 0 Å². The highest BCUT2D eigenvalue weighted by molar-refractivity contribution is 5.86. The van der Waals surface area contributed by atoms with Crippen LogP contribution in [0.15, 0.2) is 0 Å². The minimum Gasteiger partial charge on any atom is -0.458 e. The molecule has 1 rings (SSSR count). The molecular formula is C32H56O10. The van der Waals surface area contributed by atoms with Gasteiger partial charge in [-0.3, -0.25) is 4.79 Å². The molecule has 0 radical (unpaired) electrons. The van der Waals surface area contributed by atoms with Gasteiger partial charge in [-0.2, -0.15) is 0 Å². The molecule has 0 aliphatic carbocycles. The minimum absolute atomic E-state index is 0.255. The lowest BCUT2D eigenvalue weighted by atomic mass is 9.88. The summed E-state index contributed by atoms with van der Waals surface area (Å²) in [5.74, 6) is -5.75. The van der Waals surface area contributed by atoms with E-state index in [2.05, 4.69) is 6.92 Å². The van der Waals surface area contributed by atoms with Gasteiger partial charge in [0.2, 0.25) is 18.3 Å². The first-order chi connectivity index (χ1) is 19.9. The van der Waals surface area contributed by atoms with Crippen molar-refractivity contribution in [1.82, 2.24) is 0 Å². The average molecular weight is 601 g/mol. The van der Waals surface area contributed by atoms with Crippen LogP contribution in [0.2, 0.25) is 0 Å². The van der Waals surface area contributed by atoms with E-state index < -0.39 is 72.8 Å². The fraction of sp³-hybridized carbons (Fsp3) is 0.875. The fourth-order valence-corrected chi connectivity index (χ4v) is 5.12. The smallest absolute Gasteiger partial charge is 0.351 e. The molecule has 7 atom stereocenters. The van der Waals surface area contributed by atoms with Gasteiger partial charge in [-0.1, -0.05) is 105 Å². The minimum atomic E-state index is -1.79. The van der Waals surface area contributed by atoms with Crippen molar-refractivity contribution in [2.75, 3.05) is 6.61 Å². The summed E-state index contributed by atoms with van der Waals surface area (Å²) in [5, 5.41) is 19.8. The molecule has 2 N–H and O–H groups in total. The van der Waals surface area contributed by atoms with Gasteiger partial charge in [0.15, 0.2) is 0 Å². The number of carbonyl (C=O) groups is 4. The SMILES string of the molecule is CCCCCCCCCCCCCC[C@H](C)C1OC(=O)C(CO)OC(=O)C([C@@H](C)O)OC(=O)[C@H](C(C)C)OC(=O)[C@@H]1C. The van der Waals surface area contributed by atoms with E-state index in [1.54, 1.807) is 20.8 Å². The van der Waals surface area contributed by atoms with Gasteiger partial charge in [0.1, 0.15) is 6.10 Å². The van der Waals surface area contributed by atoms with E-state index >= 15 is 0 Å². The van der Waals surface area contributed by atoms with E-state index in [9.17, 15) is 29.4 Å². The molecular weight excluding hydrogens is 544 g/mol. The van der Waals surface area contributed by atoms with Gasteiger partial charge in [0.25, 0.3) is 0 Å². The van der Waals surface area contributed by atoms with Gasteiger partial charge in [0.05, 0.1) is 18.6 Å². The molecule has 0 bridgehead atoms. The van der Waals surface area contributed by atoms with Gasteiger partial charge in [0, 0.05) is 5.92 Å². The molecule has 0 saturated carbocycles. The summed E-state index contributed by atoms with van der Waals surface area (Å²) >= 11 is 0. The normalized spacial score (nSPS) is 25.8. The van der Waals surface area contributed by atoms with E-state index in [1.807, 2.05) is 6.92 Å². The molecule has 42 heavy (non-hydrogen) atoms. The van der Waals surface area contributed by atoms with Crippen LogP contribution in [0.5, 0.6) is 0 Å². The predicted molar refractivity (Wildman–Crippen MR) is 157 cm³/mol. The highest BCUT2D eigenvalue weighted by Crippen LogP contribution is 2.27. The summed E-state index contributed by atoms with van der Waals surface area (Å²) in [6.45, 7) is 9.26. The predicted octanol–water partition coefficient (Wildman–Crippen LogP) is 5.04. The summed E-state index contributed by atoms with van der Waals surface area (Å²) in [6, 6.07) is 0. The lowest BCUT2D eigenvalue weighted by Gasteiger charge is -2.30. The quantitative estimate of drug-likeness (QED) is 0.132. The molecule has 0 aromatic carbocycles. The molecule has 0 amide bonds. The van der Waals surface area contributed by atoms with Crippen LogP contribution < -0.4 is 0 Å². The largest absolute Gasteiger partial charge is 0.458 e. The Morgan fingerprint density at radius 3 is 1.60 bits per heavy atom.